The lowest BCUT2D eigenvalue weighted by Crippen LogP contribution is -2.53. The van der Waals surface area contributed by atoms with Gasteiger partial charge in [-0.05, 0) is 27.7 Å². The van der Waals surface area contributed by atoms with Crippen molar-refractivity contribution in [1.82, 2.24) is 10.2 Å². The van der Waals surface area contributed by atoms with E-state index in [1.807, 2.05) is 5.32 Å². The normalized spacial score (nSPS) is 13.4. The molecule has 6 nitrogen and oxygen atoms in total. The Labute approximate surface area is 134 Å². The summed E-state index contributed by atoms with van der Waals surface area (Å²) in [4.78, 5) is 23.8. The molecule has 1 unspecified atom stereocenters. The smallest absolute Gasteiger partial charge is 0.410 e. The molecule has 0 aliphatic heterocycles. The molecular formula is C14H25F3N2O4. The van der Waals surface area contributed by atoms with E-state index >= 15 is 0 Å². The number of alkyl halides is 3. The standard InChI is InChI=1S/C14H25F3N2O4/c1-6-22-8-7-11(20)19(5)10(14(15,16)17)9-18-12(21)23-13(2,3)4/h10H,6-9H2,1-5H3,(H,18,21). The molecule has 0 fully saturated rings. The van der Waals surface area contributed by atoms with Gasteiger partial charge in [0.05, 0.1) is 19.6 Å². The van der Waals surface area contributed by atoms with Gasteiger partial charge in [-0.25, -0.2) is 4.79 Å². The highest BCUT2D eigenvalue weighted by molar-refractivity contribution is 5.76. The lowest BCUT2D eigenvalue weighted by atomic mass is 10.2. The van der Waals surface area contributed by atoms with Crippen LogP contribution in [0.4, 0.5) is 18.0 Å². The van der Waals surface area contributed by atoms with Crippen LogP contribution in [0.5, 0.6) is 0 Å². The van der Waals surface area contributed by atoms with Gasteiger partial charge in [-0.1, -0.05) is 0 Å². The Hall–Kier alpha value is -1.51. The number of alkyl carbamates (subject to hydrolysis) is 1. The van der Waals surface area contributed by atoms with Gasteiger partial charge in [0.25, 0.3) is 0 Å². The lowest BCUT2D eigenvalue weighted by molar-refractivity contribution is -0.185. The number of carbonyl (C=O) groups is 2. The molecule has 1 atom stereocenters. The van der Waals surface area contributed by atoms with Crippen molar-refractivity contribution in [2.75, 3.05) is 26.8 Å². The number of likely N-dealkylation sites (N-methyl/N-ethyl adjacent to an activating group) is 1. The molecule has 9 heteroatoms. The van der Waals surface area contributed by atoms with Crippen LogP contribution in [-0.4, -0.2) is 61.5 Å². The second kappa shape index (κ2) is 8.95. The number of hydrogen-bond acceptors (Lipinski definition) is 4. The van der Waals surface area contributed by atoms with Gasteiger partial charge in [0, 0.05) is 13.7 Å². The number of rotatable bonds is 7. The highest BCUT2D eigenvalue weighted by atomic mass is 19.4. The maximum Gasteiger partial charge on any atom is 0.410 e. The summed E-state index contributed by atoms with van der Waals surface area (Å²) in [5, 5.41) is 2.04. The number of nitrogens with zero attached hydrogens (tertiary/aromatic N) is 1. The Kier molecular flexibility index (Phi) is 8.36. The molecule has 0 aliphatic rings. The van der Waals surface area contributed by atoms with Crippen molar-refractivity contribution in [2.45, 2.75) is 51.9 Å². The Bertz CT molecular complexity index is 394. The van der Waals surface area contributed by atoms with Crippen LogP contribution >= 0.6 is 0 Å². The molecule has 0 aromatic heterocycles. The zero-order valence-electron chi connectivity index (χ0n) is 14.1. The van der Waals surface area contributed by atoms with Gasteiger partial charge in [0.2, 0.25) is 5.91 Å². The Balaban J connectivity index is 4.70. The van der Waals surface area contributed by atoms with Gasteiger partial charge in [-0.15, -0.1) is 0 Å². The van der Waals surface area contributed by atoms with Crippen molar-refractivity contribution in [3.05, 3.63) is 0 Å². The zero-order valence-corrected chi connectivity index (χ0v) is 14.1. The van der Waals surface area contributed by atoms with Crippen LogP contribution in [0.1, 0.15) is 34.1 Å². The molecule has 0 spiro atoms. The molecule has 23 heavy (non-hydrogen) atoms. The van der Waals surface area contributed by atoms with Gasteiger partial charge in [0.1, 0.15) is 11.6 Å². The van der Waals surface area contributed by atoms with E-state index in [2.05, 4.69) is 0 Å². The maximum atomic E-state index is 13.1. The number of ether oxygens (including phenoxy) is 2. The van der Waals surface area contributed by atoms with E-state index in [-0.39, 0.29) is 13.0 Å². The van der Waals surface area contributed by atoms with Gasteiger partial charge in [-0.2, -0.15) is 13.2 Å². The van der Waals surface area contributed by atoms with Crippen LogP contribution < -0.4 is 5.32 Å². The van der Waals surface area contributed by atoms with Crippen molar-refractivity contribution in [2.24, 2.45) is 0 Å². The summed E-state index contributed by atoms with van der Waals surface area (Å²) in [6.07, 6.45) is -5.81. The summed E-state index contributed by atoms with van der Waals surface area (Å²) >= 11 is 0. The van der Waals surface area contributed by atoms with Gasteiger partial charge >= 0.3 is 12.3 Å². The Morgan fingerprint density at radius 3 is 2.22 bits per heavy atom. The van der Waals surface area contributed by atoms with Crippen molar-refractivity contribution in [3.63, 3.8) is 0 Å². The monoisotopic (exact) mass is 342 g/mol. The van der Waals surface area contributed by atoms with Crippen molar-refractivity contribution in [3.8, 4) is 0 Å². The predicted octanol–water partition coefficient (Wildman–Crippen LogP) is 2.33. The van der Waals surface area contributed by atoms with Gasteiger partial charge < -0.3 is 19.7 Å². The topological polar surface area (TPSA) is 67.9 Å². The molecule has 0 aliphatic carbocycles. The molecule has 0 bridgehead atoms. The van der Waals surface area contributed by atoms with E-state index < -0.39 is 36.4 Å². The first kappa shape index (κ1) is 21.5. The van der Waals surface area contributed by atoms with Crippen LogP contribution in [0.25, 0.3) is 0 Å². The number of halogens is 3. The Morgan fingerprint density at radius 2 is 1.78 bits per heavy atom. The summed E-state index contributed by atoms with van der Waals surface area (Å²) < 4.78 is 49.1. The number of hydrogen-bond donors (Lipinski definition) is 1. The maximum absolute atomic E-state index is 13.1. The highest BCUT2D eigenvalue weighted by Crippen LogP contribution is 2.24. The van der Waals surface area contributed by atoms with E-state index in [0.717, 1.165) is 7.05 Å². The molecule has 0 saturated heterocycles. The molecular weight excluding hydrogens is 317 g/mol. The summed E-state index contributed by atoms with van der Waals surface area (Å²) in [6.45, 7) is 6.14. The minimum Gasteiger partial charge on any atom is -0.444 e. The second-order valence-corrected chi connectivity index (χ2v) is 5.89. The van der Waals surface area contributed by atoms with Crippen molar-refractivity contribution in [1.29, 1.82) is 0 Å². The van der Waals surface area contributed by atoms with Crippen molar-refractivity contribution >= 4 is 12.0 Å². The first-order chi connectivity index (χ1) is 10.4. The van der Waals surface area contributed by atoms with E-state index in [1.54, 1.807) is 27.7 Å². The molecule has 0 saturated carbocycles. The van der Waals surface area contributed by atoms with E-state index in [9.17, 15) is 22.8 Å². The fourth-order valence-corrected chi connectivity index (χ4v) is 1.62. The molecule has 0 radical (unpaired) electrons. The highest BCUT2D eigenvalue weighted by Gasteiger charge is 2.44. The second-order valence-electron chi connectivity index (χ2n) is 5.89. The number of carbonyl (C=O) groups excluding carboxylic acids is 2. The molecule has 1 N–H and O–H groups in total. The van der Waals surface area contributed by atoms with Crippen LogP contribution in [0.2, 0.25) is 0 Å². The molecule has 0 rings (SSSR count). The SMILES string of the molecule is CCOCCC(=O)N(C)C(CNC(=O)OC(C)(C)C)C(F)(F)F. The molecule has 136 valence electrons. The van der Waals surface area contributed by atoms with Crippen LogP contribution in [-0.2, 0) is 14.3 Å². The fourth-order valence-electron chi connectivity index (χ4n) is 1.62. The third kappa shape index (κ3) is 9.27. The van der Waals surface area contributed by atoms with Crippen molar-refractivity contribution < 1.29 is 32.2 Å². The first-order valence-electron chi connectivity index (χ1n) is 7.25. The molecule has 0 aromatic carbocycles. The largest absolute Gasteiger partial charge is 0.444 e. The molecule has 0 aromatic rings. The molecule has 2 amide bonds. The number of amides is 2. The molecule has 0 heterocycles. The fraction of sp³-hybridized carbons (Fsp3) is 0.857. The van der Waals surface area contributed by atoms with Gasteiger partial charge in [-0.3, -0.25) is 4.79 Å². The summed E-state index contributed by atoms with van der Waals surface area (Å²) in [5.41, 5.74) is -0.822. The minimum atomic E-state index is -4.68. The van der Waals surface area contributed by atoms with Crippen LogP contribution in [0.15, 0.2) is 0 Å². The average molecular weight is 342 g/mol. The van der Waals surface area contributed by atoms with E-state index in [1.165, 1.54) is 0 Å². The average Bonchev–Trinajstić information content (AvgIpc) is 2.35. The summed E-state index contributed by atoms with van der Waals surface area (Å²) in [5.74, 6) is -0.716. The predicted molar refractivity (Wildman–Crippen MR) is 78.0 cm³/mol. The first-order valence-corrected chi connectivity index (χ1v) is 7.25. The van der Waals surface area contributed by atoms with E-state index in [0.29, 0.717) is 11.5 Å². The zero-order chi connectivity index (χ0) is 18.3. The third-order valence-corrected chi connectivity index (χ3v) is 2.74. The third-order valence-electron chi connectivity index (χ3n) is 2.74. The van der Waals surface area contributed by atoms with Gasteiger partial charge in [0.15, 0.2) is 0 Å². The summed E-state index contributed by atoms with van der Waals surface area (Å²) in [6, 6.07) is -2.14. The lowest BCUT2D eigenvalue weighted by Gasteiger charge is -2.30. The van der Waals surface area contributed by atoms with Crippen LogP contribution in [0, 0.1) is 0 Å². The summed E-state index contributed by atoms with van der Waals surface area (Å²) in [7, 11) is 1.04. The van der Waals surface area contributed by atoms with Crippen LogP contribution in [0.3, 0.4) is 0 Å². The minimum absolute atomic E-state index is 0.0454. The quantitative estimate of drug-likeness (QED) is 0.721. The van der Waals surface area contributed by atoms with E-state index in [4.69, 9.17) is 9.47 Å². The number of nitrogens with one attached hydrogen (secondary N) is 1. The Morgan fingerprint density at radius 1 is 1.22 bits per heavy atom.